The lowest BCUT2D eigenvalue weighted by Gasteiger charge is -2.04. The molecule has 21 heavy (non-hydrogen) atoms. The van der Waals surface area contributed by atoms with Crippen molar-refractivity contribution < 1.29 is 4.79 Å². The molecule has 0 atom stereocenters. The second-order valence-electron chi connectivity index (χ2n) is 4.22. The number of nitrogens with zero attached hydrogens (tertiary/aromatic N) is 3. The predicted molar refractivity (Wildman–Crippen MR) is 76.9 cm³/mol. The van der Waals surface area contributed by atoms with Gasteiger partial charge in [-0.1, -0.05) is 0 Å². The number of aryl methyl sites for hydroxylation is 1. The quantitative estimate of drug-likeness (QED) is 0.712. The van der Waals surface area contributed by atoms with E-state index in [9.17, 15) is 14.4 Å². The van der Waals surface area contributed by atoms with Gasteiger partial charge in [-0.3, -0.25) is 29.1 Å². The van der Waals surface area contributed by atoms with Gasteiger partial charge in [0.1, 0.15) is 5.56 Å². The zero-order valence-electron chi connectivity index (χ0n) is 10.8. The Morgan fingerprint density at radius 1 is 1.43 bits per heavy atom. The normalized spacial score (nSPS) is 10.7. The fourth-order valence-electron chi connectivity index (χ4n) is 1.79. The summed E-state index contributed by atoms with van der Waals surface area (Å²) in [5.41, 5.74) is -0.540. The average molecular weight is 303 g/mol. The highest BCUT2D eigenvalue weighted by atomic mass is 32.1. The van der Waals surface area contributed by atoms with Crippen LogP contribution in [0.4, 0.5) is 5.95 Å². The first-order valence-electron chi connectivity index (χ1n) is 5.89. The number of amides is 1. The number of carbonyl (C=O) groups excluding carboxylic acids is 1. The maximum Gasteiger partial charge on any atom is 0.271 e. The van der Waals surface area contributed by atoms with Gasteiger partial charge >= 0.3 is 0 Å². The molecule has 0 spiro atoms. The summed E-state index contributed by atoms with van der Waals surface area (Å²) >= 11 is 1.29. The minimum atomic E-state index is -0.679. The summed E-state index contributed by atoms with van der Waals surface area (Å²) < 4.78 is 1.28. The molecule has 0 aliphatic rings. The van der Waals surface area contributed by atoms with Crippen molar-refractivity contribution in [1.29, 1.82) is 0 Å². The van der Waals surface area contributed by atoms with Crippen LogP contribution in [-0.2, 0) is 0 Å². The summed E-state index contributed by atoms with van der Waals surface area (Å²) in [5, 5.41) is 4.08. The van der Waals surface area contributed by atoms with Crippen LogP contribution in [0.1, 0.15) is 16.1 Å². The molecule has 0 fully saturated rings. The zero-order valence-corrected chi connectivity index (χ0v) is 11.6. The molecule has 0 aromatic carbocycles. The second kappa shape index (κ2) is 4.94. The molecule has 3 aromatic heterocycles. The molecule has 0 aliphatic heterocycles. The van der Waals surface area contributed by atoms with Crippen molar-refractivity contribution >= 4 is 28.2 Å². The van der Waals surface area contributed by atoms with Crippen LogP contribution in [-0.4, -0.2) is 25.3 Å². The third-order valence-electron chi connectivity index (χ3n) is 2.69. The van der Waals surface area contributed by atoms with Crippen molar-refractivity contribution in [3.8, 4) is 0 Å². The molecule has 0 saturated carbocycles. The Morgan fingerprint density at radius 3 is 3.00 bits per heavy atom. The third-order valence-corrected chi connectivity index (χ3v) is 3.46. The van der Waals surface area contributed by atoms with Crippen LogP contribution in [0, 0.1) is 6.92 Å². The van der Waals surface area contributed by atoms with Gasteiger partial charge in [-0.05, 0) is 6.92 Å². The number of aromatic nitrogens is 4. The van der Waals surface area contributed by atoms with Crippen LogP contribution in [0.5, 0.6) is 0 Å². The highest BCUT2D eigenvalue weighted by Crippen LogP contribution is 2.06. The van der Waals surface area contributed by atoms with E-state index in [0.717, 1.165) is 0 Å². The highest BCUT2D eigenvalue weighted by Gasteiger charge is 2.15. The smallest absolute Gasteiger partial charge is 0.271 e. The van der Waals surface area contributed by atoms with Crippen molar-refractivity contribution in [3.05, 3.63) is 55.8 Å². The Balaban J connectivity index is 1.99. The number of fused-ring (bicyclic) bond motifs is 1. The van der Waals surface area contributed by atoms with Gasteiger partial charge in [0.05, 0.1) is 0 Å². The minimum Gasteiger partial charge on any atom is -0.292 e. The molecule has 1 amide bonds. The predicted octanol–water partition coefficient (Wildman–Crippen LogP) is 0.400. The van der Waals surface area contributed by atoms with Crippen LogP contribution in [0.3, 0.4) is 0 Å². The summed E-state index contributed by atoms with van der Waals surface area (Å²) in [5.74, 6) is -0.693. The fraction of sp³-hybridized carbons (Fsp3) is 0.0833. The summed E-state index contributed by atoms with van der Waals surface area (Å²) in [6.07, 6.45) is 2.75. The van der Waals surface area contributed by atoms with E-state index in [4.69, 9.17) is 0 Å². The lowest BCUT2D eigenvalue weighted by atomic mass is 10.3. The SMILES string of the molecule is Cc1cc(=O)[nH]c(NC(=O)c2cnc3sccn3c2=O)n1. The molecule has 106 valence electrons. The molecule has 9 heteroatoms. The standard InChI is InChI=1S/C12H9N5O3S/c1-6-4-8(18)15-11(14-6)16-9(19)7-5-13-12-17(10(7)20)2-3-21-12/h2-5H,1H3,(H2,14,15,16,18,19). The lowest BCUT2D eigenvalue weighted by Crippen LogP contribution is -2.27. The molecular formula is C12H9N5O3S. The van der Waals surface area contributed by atoms with E-state index in [1.807, 2.05) is 0 Å². The maximum atomic E-state index is 12.1. The number of hydrogen-bond acceptors (Lipinski definition) is 6. The van der Waals surface area contributed by atoms with Crippen molar-refractivity contribution in [2.24, 2.45) is 0 Å². The first-order valence-corrected chi connectivity index (χ1v) is 6.77. The topological polar surface area (TPSA) is 109 Å². The van der Waals surface area contributed by atoms with E-state index < -0.39 is 11.5 Å². The van der Waals surface area contributed by atoms with Gasteiger partial charge in [-0.15, -0.1) is 11.3 Å². The van der Waals surface area contributed by atoms with Crippen molar-refractivity contribution in [3.63, 3.8) is 0 Å². The van der Waals surface area contributed by atoms with Crippen molar-refractivity contribution in [2.45, 2.75) is 6.92 Å². The lowest BCUT2D eigenvalue weighted by molar-refractivity contribution is 0.102. The summed E-state index contributed by atoms with van der Waals surface area (Å²) in [7, 11) is 0. The molecule has 0 saturated heterocycles. The number of nitrogens with one attached hydrogen (secondary N) is 2. The number of rotatable bonds is 2. The molecule has 2 N–H and O–H groups in total. The van der Waals surface area contributed by atoms with Crippen LogP contribution >= 0.6 is 11.3 Å². The third kappa shape index (κ3) is 2.46. The largest absolute Gasteiger partial charge is 0.292 e. The van der Waals surface area contributed by atoms with Crippen molar-refractivity contribution in [1.82, 2.24) is 19.4 Å². The molecule has 0 aliphatic carbocycles. The highest BCUT2D eigenvalue weighted by molar-refractivity contribution is 7.15. The molecule has 3 aromatic rings. The molecular weight excluding hydrogens is 294 g/mol. The van der Waals surface area contributed by atoms with E-state index in [2.05, 4.69) is 20.3 Å². The minimum absolute atomic E-state index is 0.0141. The summed E-state index contributed by atoms with van der Waals surface area (Å²) in [6.45, 7) is 1.62. The number of H-pyrrole nitrogens is 1. The number of carbonyl (C=O) groups is 1. The molecule has 0 radical (unpaired) electrons. The van der Waals surface area contributed by atoms with Gasteiger partial charge in [0.2, 0.25) is 5.95 Å². The molecule has 0 bridgehead atoms. The van der Waals surface area contributed by atoms with Crippen LogP contribution in [0.25, 0.3) is 4.96 Å². The van der Waals surface area contributed by atoms with E-state index in [0.29, 0.717) is 10.7 Å². The number of hydrogen-bond donors (Lipinski definition) is 2. The maximum absolute atomic E-state index is 12.1. The van der Waals surface area contributed by atoms with Gasteiger partial charge in [-0.25, -0.2) is 9.97 Å². The molecule has 8 nitrogen and oxygen atoms in total. The Labute approximate surface area is 121 Å². The van der Waals surface area contributed by atoms with Gasteiger partial charge in [0.15, 0.2) is 4.96 Å². The number of thiazole rings is 1. The first-order chi connectivity index (χ1) is 10.0. The fourth-order valence-corrected chi connectivity index (χ4v) is 2.47. The molecule has 3 heterocycles. The van der Waals surface area contributed by atoms with E-state index in [-0.39, 0.29) is 17.1 Å². The van der Waals surface area contributed by atoms with Crippen LogP contribution < -0.4 is 16.4 Å². The van der Waals surface area contributed by atoms with Gasteiger partial charge < -0.3 is 0 Å². The van der Waals surface area contributed by atoms with Crippen LogP contribution in [0.2, 0.25) is 0 Å². The number of anilines is 1. The average Bonchev–Trinajstić information content (AvgIpc) is 2.86. The van der Waals surface area contributed by atoms with Gasteiger partial charge in [0.25, 0.3) is 17.0 Å². The first kappa shape index (κ1) is 13.2. The van der Waals surface area contributed by atoms with Crippen LogP contribution in [0.15, 0.2) is 33.4 Å². The van der Waals surface area contributed by atoms with E-state index in [1.165, 1.54) is 28.0 Å². The van der Waals surface area contributed by atoms with Gasteiger partial charge in [-0.2, -0.15) is 0 Å². The van der Waals surface area contributed by atoms with E-state index in [1.54, 1.807) is 18.5 Å². The van der Waals surface area contributed by atoms with Crippen molar-refractivity contribution in [2.75, 3.05) is 5.32 Å². The second-order valence-corrected chi connectivity index (χ2v) is 5.10. The Hall–Kier alpha value is -2.81. The summed E-state index contributed by atoms with van der Waals surface area (Å²) in [4.78, 5) is 46.4. The Kier molecular flexibility index (Phi) is 3.10. The Morgan fingerprint density at radius 2 is 2.24 bits per heavy atom. The molecule has 0 unspecified atom stereocenters. The zero-order chi connectivity index (χ0) is 15.0. The van der Waals surface area contributed by atoms with Gasteiger partial charge in [0, 0.05) is 29.5 Å². The Bertz CT molecular complexity index is 955. The summed E-state index contributed by atoms with van der Waals surface area (Å²) in [6, 6.07) is 1.30. The molecule has 3 rings (SSSR count). The number of aromatic amines is 1. The van der Waals surface area contributed by atoms with E-state index >= 15 is 0 Å². The monoisotopic (exact) mass is 303 g/mol.